The van der Waals surface area contributed by atoms with Crippen LogP contribution in [0.1, 0.15) is 99.4 Å². The Labute approximate surface area is 191 Å². The molecule has 6 heteroatoms. The molecule has 0 bridgehead atoms. The molecule has 2 aliphatic rings. The van der Waals surface area contributed by atoms with E-state index in [0.717, 1.165) is 47.6 Å². The van der Waals surface area contributed by atoms with Crippen molar-refractivity contribution < 1.29 is 9.90 Å². The van der Waals surface area contributed by atoms with Gasteiger partial charge in [0.1, 0.15) is 11.6 Å². The molecular formula is C26H38N4O2. The number of nitrogens with one attached hydrogen (secondary N) is 1. The Bertz CT molecular complexity index is 941. The van der Waals surface area contributed by atoms with E-state index in [1.807, 2.05) is 26.0 Å². The van der Waals surface area contributed by atoms with E-state index in [9.17, 15) is 9.90 Å². The summed E-state index contributed by atoms with van der Waals surface area (Å²) in [6.07, 6.45) is 6.81. The maximum absolute atomic E-state index is 12.9. The van der Waals surface area contributed by atoms with Gasteiger partial charge in [0.2, 0.25) is 5.91 Å². The monoisotopic (exact) mass is 438 g/mol. The Balaban J connectivity index is 1.48. The number of benzene rings is 1. The maximum Gasteiger partial charge on any atom is 0.225 e. The molecule has 2 aliphatic carbocycles. The zero-order chi connectivity index (χ0) is 22.8. The van der Waals surface area contributed by atoms with Gasteiger partial charge in [0.25, 0.3) is 0 Å². The van der Waals surface area contributed by atoms with E-state index in [-0.39, 0.29) is 18.4 Å². The van der Waals surface area contributed by atoms with Crippen LogP contribution in [0.2, 0.25) is 0 Å². The van der Waals surface area contributed by atoms with Gasteiger partial charge >= 0.3 is 0 Å². The van der Waals surface area contributed by atoms with Gasteiger partial charge in [0.15, 0.2) is 0 Å². The third kappa shape index (κ3) is 5.22. The van der Waals surface area contributed by atoms with E-state index < -0.39 is 0 Å². The van der Waals surface area contributed by atoms with Crippen LogP contribution in [-0.2, 0) is 4.79 Å². The summed E-state index contributed by atoms with van der Waals surface area (Å²) < 4.78 is 2.33. The van der Waals surface area contributed by atoms with Crippen molar-refractivity contribution >= 4 is 11.6 Å². The van der Waals surface area contributed by atoms with Gasteiger partial charge in [0.05, 0.1) is 0 Å². The number of carbonyl (C=O) groups excluding carboxylic acids is 1. The Morgan fingerprint density at radius 3 is 2.59 bits per heavy atom. The molecule has 2 N–H and O–H groups in total. The molecule has 32 heavy (non-hydrogen) atoms. The molecule has 2 saturated carbocycles. The highest BCUT2D eigenvalue weighted by molar-refractivity contribution is 5.92. The maximum atomic E-state index is 12.9. The van der Waals surface area contributed by atoms with Crippen LogP contribution >= 0.6 is 0 Å². The summed E-state index contributed by atoms with van der Waals surface area (Å²) in [5.41, 5.74) is 3.08. The molecule has 0 unspecified atom stereocenters. The molecule has 0 saturated heterocycles. The minimum atomic E-state index is -0.126. The number of rotatable bonds is 10. The number of hydrogen-bond acceptors (Lipinski definition) is 4. The average molecular weight is 439 g/mol. The van der Waals surface area contributed by atoms with Gasteiger partial charge in [-0.05, 0) is 75.8 Å². The molecule has 1 atom stereocenters. The van der Waals surface area contributed by atoms with Crippen molar-refractivity contribution in [3.63, 3.8) is 0 Å². The molecule has 174 valence electrons. The fraction of sp³-hybridized carbons (Fsp3) is 0.654. The van der Waals surface area contributed by atoms with Crippen LogP contribution < -0.4 is 5.32 Å². The summed E-state index contributed by atoms with van der Waals surface area (Å²) in [7, 11) is 0. The lowest BCUT2D eigenvalue weighted by atomic mass is 9.71. The number of hydrogen-bond donors (Lipinski definition) is 2. The van der Waals surface area contributed by atoms with Crippen LogP contribution in [-0.4, -0.2) is 32.4 Å². The Morgan fingerprint density at radius 1 is 1.22 bits per heavy atom. The Kier molecular flexibility index (Phi) is 6.99. The van der Waals surface area contributed by atoms with Gasteiger partial charge in [-0.2, -0.15) is 0 Å². The van der Waals surface area contributed by atoms with Crippen molar-refractivity contribution in [1.29, 1.82) is 0 Å². The molecule has 0 radical (unpaired) electrons. The Hall–Kier alpha value is -2.21. The number of aliphatic hydroxyl groups excluding tert-OH is 1. The largest absolute Gasteiger partial charge is 0.396 e. The first-order valence-corrected chi connectivity index (χ1v) is 12.3. The zero-order valence-electron chi connectivity index (χ0n) is 20.0. The third-order valence-corrected chi connectivity index (χ3v) is 7.00. The predicted molar refractivity (Wildman–Crippen MR) is 127 cm³/mol. The van der Waals surface area contributed by atoms with Crippen molar-refractivity contribution in [2.24, 2.45) is 11.8 Å². The molecule has 2 fully saturated rings. The molecule has 1 aromatic carbocycles. The molecule has 0 spiro atoms. The van der Waals surface area contributed by atoms with Crippen LogP contribution in [0, 0.1) is 25.7 Å². The smallest absolute Gasteiger partial charge is 0.225 e. The van der Waals surface area contributed by atoms with E-state index in [1.165, 1.54) is 24.8 Å². The molecule has 1 amide bonds. The zero-order valence-corrected chi connectivity index (χ0v) is 20.0. The van der Waals surface area contributed by atoms with Crippen molar-refractivity contribution in [3.05, 3.63) is 41.0 Å². The molecule has 4 rings (SSSR count). The van der Waals surface area contributed by atoms with E-state index in [0.29, 0.717) is 24.8 Å². The van der Waals surface area contributed by atoms with E-state index in [4.69, 9.17) is 0 Å². The summed E-state index contributed by atoms with van der Waals surface area (Å²) in [5, 5.41) is 22.0. The predicted octanol–water partition coefficient (Wildman–Crippen LogP) is 5.26. The minimum absolute atomic E-state index is 0.0360. The quantitative estimate of drug-likeness (QED) is 0.530. The van der Waals surface area contributed by atoms with Gasteiger partial charge in [-0.3, -0.25) is 4.79 Å². The summed E-state index contributed by atoms with van der Waals surface area (Å²) in [6.45, 7) is 8.68. The lowest BCUT2D eigenvalue weighted by molar-refractivity contribution is -0.116. The number of aliphatic hydroxyl groups is 1. The second-order valence-electron chi connectivity index (χ2n) is 10.5. The highest BCUT2D eigenvalue weighted by Crippen LogP contribution is 2.48. The highest BCUT2D eigenvalue weighted by atomic mass is 16.3. The van der Waals surface area contributed by atoms with Crippen LogP contribution in [0.4, 0.5) is 5.69 Å². The topological polar surface area (TPSA) is 80.0 Å². The number of anilines is 1. The standard InChI is InChI=1S/C26H38N4O2/c1-16(2)11-19-13-21(14-19)26-29-28-25(30(26)22-6-7-22)20(9-10-31)15-24(32)27-23-8-5-17(3)12-18(23)4/h5,8,12,16,19-22,31H,6-7,9-11,13-15H2,1-4H3,(H,27,32)/t19-,20-,21+/m1/s1. The van der Waals surface area contributed by atoms with E-state index >= 15 is 0 Å². The number of amides is 1. The molecule has 2 aromatic rings. The molecular weight excluding hydrogens is 400 g/mol. The lowest BCUT2D eigenvalue weighted by Gasteiger charge is -2.36. The van der Waals surface area contributed by atoms with Crippen LogP contribution in [0.5, 0.6) is 0 Å². The Morgan fingerprint density at radius 2 is 1.97 bits per heavy atom. The summed E-state index contributed by atoms with van der Waals surface area (Å²) in [6, 6.07) is 6.50. The highest BCUT2D eigenvalue weighted by Gasteiger charge is 2.39. The van der Waals surface area contributed by atoms with Crippen LogP contribution in [0.3, 0.4) is 0 Å². The summed E-state index contributed by atoms with van der Waals surface area (Å²) in [5.74, 6) is 3.85. The van der Waals surface area contributed by atoms with Crippen LogP contribution in [0.25, 0.3) is 0 Å². The first-order valence-electron chi connectivity index (χ1n) is 12.3. The number of nitrogens with zero attached hydrogens (tertiary/aromatic N) is 3. The van der Waals surface area contributed by atoms with Gasteiger partial charge < -0.3 is 15.0 Å². The van der Waals surface area contributed by atoms with Crippen molar-refractivity contribution in [2.45, 2.75) is 90.5 Å². The van der Waals surface area contributed by atoms with Gasteiger partial charge in [-0.15, -0.1) is 10.2 Å². The fourth-order valence-electron chi connectivity index (χ4n) is 5.24. The third-order valence-electron chi connectivity index (χ3n) is 7.00. The first-order chi connectivity index (χ1) is 15.4. The second kappa shape index (κ2) is 9.74. The molecule has 6 nitrogen and oxygen atoms in total. The fourth-order valence-corrected chi connectivity index (χ4v) is 5.24. The van der Waals surface area contributed by atoms with Crippen molar-refractivity contribution in [2.75, 3.05) is 11.9 Å². The summed E-state index contributed by atoms with van der Waals surface area (Å²) in [4.78, 5) is 12.9. The summed E-state index contributed by atoms with van der Waals surface area (Å²) >= 11 is 0. The van der Waals surface area contributed by atoms with E-state index in [1.54, 1.807) is 0 Å². The first kappa shape index (κ1) is 23.0. The second-order valence-corrected chi connectivity index (χ2v) is 10.5. The molecule has 1 heterocycles. The van der Waals surface area contributed by atoms with E-state index in [2.05, 4.69) is 40.0 Å². The number of carbonyl (C=O) groups is 1. The van der Waals surface area contributed by atoms with Crippen molar-refractivity contribution in [3.8, 4) is 0 Å². The molecule has 1 aromatic heterocycles. The average Bonchev–Trinajstić information content (AvgIpc) is 3.45. The number of aromatic nitrogens is 3. The van der Waals surface area contributed by atoms with Gasteiger partial charge in [-0.25, -0.2) is 0 Å². The van der Waals surface area contributed by atoms with Crippen molar-refractivity contribution in [1.82, 2.24) is 14.8 Å². The van der Waals surface area contributed by atoms with Gasteiger partial charge in [0, 0.05) is 36.6 Å². The molecule has 0 aliphatic heterocycles. The minimum Gasteiger partial charge on any atom is -0.396 e. The normalized spacial score (nSPS) is 21.4. The lowest BCUT2D eigenvalue weighted by Crippen LogP contribution is -2.26. The van der Waals surface area contributed by atoms with Gasteiger partial charge in [-0.1, -0.05) is 31.5 Å². The number of aryl methyl sites for hydroxylation is 2. The SMILES string of the molecule is Cc1ccc(NC(=O)C[C@@H](CCO)c2nnc([C@H]3C[C@@H](CC(C)C)C3)n2C2CC2)c(C)c1. The van der Waals surface area contributed by atoms with Crippen LogP contribution in [0.15, 0.2) is 18.2 Å².